The molecule has 1 aromatic carbocycles. The molecule has 1 N–H and O–H groups in total. The van der Waals surface area contributed by atoms with E-state index >= 15 is 0 Å². The molecule has 1 fully saturated rings. The van der Waals surface area contributed by atoms with E-state index in [9.17, 15) is 9.59 Å². The number of halogens is 2. The number of aryl methyl sites for hydroxylation is 1. The van der Waals surface area contributed by atoms with Crippen molar-refractivity contribution in [3.63, 3.8) is 0 Å². The minimum atomic E-state index is -0.432. The largest absolute Gasteiger partial charge is 0.355 e. The van der Waals surface area contributed by atoms with E-state index < -0.39 is 5.91 Å². The average molecular weight is 587 g/mol. The fourth-order valence-electron chi connectivity index (χ4n) is 4.80. The Balaban J connectivity index is 0.00000176. The van der Waals surface area contributed by atoms with Gasteiger partial charge in [-0.25, -0.2) is 4.98 Å². The van der Waals surface area contributed by atoms with Crippen molar-refractivity contribution in [2.24, 2.45) is 0 Å². The molecule has 0 saturated carbocycles. The summed E-state index contributed by atoms with van der Waals surface area (Å²) in [5.74, 6) is 0.416. The number of hydrogen-bond acceptors (Lipinski definition) is 8. The van der Waals surface area contributed by atoms with E-state index in [1.165, 1.54) is 11.3 Å². The van der Waals surface area contributed by atoms with Crippen LogP contribution in [0.1, 0.15) is 28.2 Å². The van der Waals surface area contributed by atoms with Crippen molar-refractivity contribution in [3.05, 3.63) is 76.0 Å². The third-order valence-corrected chi connectivity index (χ3v) is 7.95. The number of carbonyl (C=O) groups is 1. The first-order valence-corrected chi connectivity index (χ1v) is 13.2. The van der Waals surface area contributed by atoms with E-state index in [2.05, 4.69) is 32.1 Å². The van der Waals surface area contributed by atoms with Crippen LogP contribution in [0.25, 0.3) is 26.1 Å². The van der Waals surface area contributed by atoms with Gasteiger partial charge in [0.2, 0.25) is 5.43 Å². The lowest BCUT2D eigenvalue weighted by Gasteiger charge is -2.22. The predicted molar refractivity (Wildman–Crippen MR) is 161 cm³/mol. The summed E-state index contributed by atoms with van der Waals surface area (Å²) >= 11 is 1.43. The highest BCUT2D eigenvalue weighted by Gasteiger charge is 2.24. The normalized spacial score (nSPS) is 14.2. The molecule has 0 atom stereocenters. The van der Waals surface area contributed by atoms with Crippen molar-refractivity contribution >= 4 is 74.0 Å². The minimum absolute atomic E-state index is 0. The first kappa shape index (κ1) is 28.7. The molecule has 5 aromatic rings. The van der Waals surface area contributed by atoms with Gasteiger partial charge in [-0.1, -0.05) is 12.1 Å². The van der Waals surface area contributed by atoms with Gasteiger partial charge >= 0.3 is 0 Å². The van der Waals surface area contributed by atoms with E-state index in [1.807, 2.05) is 47.7 Å². The molecule has 12 heteroatoms. The SMILES string of the molecule is Cc1cnc(CNC(=O)c2c(=O)c3ccc(N4CCCN(C)CC4)nc3n3c2sc2ccccc23)cn1.Cl.Cl. The van der Waals surface area contributed by atoms with Crippen molar-refractivity contribution < 1.29 is 4.79 Å². The van der Waals surface area contributed by atoms with E-state index in [0.29, 0.717) is 21.6 Å². The third kappa shape index (κ3) is 5.42. The summed E-state index contributed by atoms with van der Waals surface area (Å²) in [5.41, 5.74) is 2.74. The molecule has 1 aliphatic rings. The number of nitrogens with zero attached hydrogens (tertiary/aromatic N) is 6. The monoisotopic (exact) mass is 585 g/mol. The van der Waals surface area contributed by atoms with Crippen LogP contribution in [0.4, 0.5) is 5.82 Å². The lowest BCUT2D eigenvalue weighted by Crippen LogP contribution is -2.31. The van der Waals surface area contributed by atoms with E-state index in [-0.39, 0.29) is 42.4 Å². The molecule has 5 heterocycles. The predicted octanol–water partition coefficient (Wildman–Crippen LogP) is 4.08. The van der Waals surface area contributed by atoms with Crippen molar-refractivity contribution in [1.82, 2.24) is 29.6 Å². The Morgan fingerprint density at radius 2 is 1.85 bits per heavy atom. The number of carbonyl (C=O) groups excluding carboxylic acids is 1. The van der Waals surface area contributed by atoms with Crippen molar-refractivity contribution in [1.29, 1.82) is 0 Å². The second-order valence-electron chi connectivity index (χ2n) is 9.43. The molecule has 1 amide bonds. The molecule has 0 bridgehead atoms. The van der Waals surface area contributed by atoms with Crippen LogP contribution in [-0.2, 0) is 6.54 Å². The van der Waals surface area contributed by atoms with Crippen molar-refractivity contribution in [3.8, 4) is 0 Å². The molecule has 6 rings (SSSR count). The van der Waals surface area contributed by atoms with Crippen LogP contribution < -0.4 is 15.6 Å². The number of aromatic nitrogens is 4. The number of anilines is 1. The maximum absolute atomic E-state index is 13.7. The zero-order valence-electron chi connectivity index (χ0n) is 21.6. The van der Waals surface area contributed by atoms with E-state index in [1.54, 1.807) is 12.4 Å². The van der Waals surface area contributed by atoms with Gasteiger partial charge in [-0.3, -0.25) is 24.0 Å². The average Bonchev–Trinajstić information content (AvgIpc) is 3.15. The Bertz CT molecular complexity index is 1700. The van der Waals surface area contributed by atoms with Crippen LogP contribution in [0.3, 0.4) is 0 Å². The molecule has 0 aliphatic carbocycles. The smallest absolute Gasteiger partial charge is 0.258 e. The van der Waals surface area contributed by atoms with Crippen LogP contribution in [0.5, 0.6) is 0 Å². The van der Waals surface area contributed by atoms with Crippen LogP contribution in [-0.4, -0.2) is 63.4 Å². The van der Waals surface area contributed by atoms with Gasteiger partial charge in [-0.15, -0.1) is 36.2 Å². The topological polar surface area (TPSA) is 95.7 Å². The number of benzene rings is 1. The number of thiazole rings is 1. The van der Waals surface area contributed by atoms with Gasteiger partial charge in [0.1, 0.15) is 16.2 Å². The number of pyridine rings is 2. The highest BCUT2D eigenvalue weighted by molar-refractivity contribution is 7.24. The van der Waals surface area contributed by atoms with E-state index in [0.717, 1.165) is 54.3 Å². The van der Waals surface area contributed by atoms with Crippen molar-refractivity contribution in [2.45, 2.75) is 19.9 Å². The van der Waals surface area contributed by atoms with Crippen LogP contribution in [0.2, 0.25) is 0 Å². The number of hydrogen-bond donors (Lipinski definition) is 1. The Morgan fingerprint density at radius 3 is 2.64 bits per heavy atom. The maximum atomic E-state index is 13.7. The van der Waals surface area contributed by atoms with Gasteiger partial charge in [-0.2, -0.15) is 0 Å². The zero-order chi connectivity index (χ0) is 25.5. The molecular weight excluding hydrogens is 557 g/mol. The van der Waals surface area contributed by atoms with Crippen LogP contribution in [0, 0.1) is 6.92 Å². The zero-order valence-corrected chi connectivity index (χ0v) is 24.0. The number of para-hydroxylation sites is 1. The summed E-state index contributed by atoms with van der Waals surface area (Å²) in [6.07, 6.45) is 4.34. The molecule has 0 unspecified atom stereocenters. The molecule has 4 aromatic heterocycles. The third-order valence-electron chi connectivity index (χ3n) is 6.81. The summed E-state index contributed by atoms with van der Waals surface area (Å²) in [5, 5.41) is 3.30. The Kier molecular flexibility index (Phi) is 8.70. The Morgan fingerprint density at radius 1 is 1.03 bits per heavy atom. The number of amides is 1. The maximum Gasteiger partial charge on any atom is 0.258 e. The minimum Gasteiger partial charge on any atom is -0.355 e. The Labute approximate surface area is 241 Å². The summed E-state index contributed by atoms with van der Waals surface area (Å²) in [6.45, 7) is 5.83. The van der Waals surface area contributed by atoms with Gasteiger partial charge in [0.05, 0.1) is 39.7 Å². The van der Waals surface area contributed by atoms with Crippen LogP contribution in [0.15, 0.2) is 53.6 Å². The summed E-state index contributed by atoms with van der Waals surface area (Å²) in [7, 11) is 2.13. The number of fused-ring (bicyclic) bond motifs is 5. The summed E-state index contributed by atoms with van der Waals surface area (Å²) in [6, 6.07) is 11.6. The number of nitrogens with one attached hydrogen (secondary N) is 1. The van der Waals surface area contributed by atoms with Crippen LogP contribution >= 0.6 is 36.2 Å². The summed E-state index contributed by atoms with van der Waals surface area (Å²) < 4.78 is 2.95. The molecule has 204 valence electrons. The van der Waals surface area contributed by atoms with Gasteiger partial charge in [0, 0.05) is 25.8 Å². The molecule has 0 radical (unpaired) electrons. The first-order valence-electron chi connectivity index (χ1n) is 12.4. The number of likely N-dealkylation sites (N-methyl/N-ethyl adjacent to an activating group) is 1. The Hall–Kier alpha value is -3.31. The highest BCUT2D eigenvalue weighted by atomic mass is 35.5. The summed E-state index contributed by atoms with van der Waals surface area (Å²) in [4.78, 5) is 45.9. The highest BCUT2D eigenvalue weighted by Crippen LogP contribution is 2.31. The standard InChI is InChI=1S/C27H27N7O2S.2ClH/c1-17-14-29-18(15-28-17)16-30-26(36)23-24(35)19-8-9-22(33-11-5-10-32(2)12-13-33)31-25(19)34-20-6-3-4-7-21(20)37-27(23)34;;/h3-4,6-9,14-15H,5,10-13,16H2,1-2H3,(H,30,36);2*1H. The van der Waals surface area contributed by atoms with Gasteiger partial charge in [0.15, 0.2) is 5.65 Å². The molecule has 1 saturated heterocycles. The molecule has 1 aliphatic heterocycles. The number of rotatable bonds is 4. The van der Waals surface area contributed by atoms with Gasteiger partial charge in [0.25, 0.3) is 5.91 Å². The lowest BCUT2D eigenvalue weighted by atomic mass is 10.1. The van der Waals surface area contributed by atoms with E-state index in [4.69, 9.17) is 4.98 Å². The second-order valence-corrected chi connectivity index (χ2v) is 10.5. The molecule has 39 heavy (non-hydrogen) atoms. The first-order chi connectivity index (χ1) is 18.0. The second kappa shape index (κ2) is 11.8. The fraction of sp³-hybridized carbons (Fsp3) is 0.296. The molecule has 0 spiro atoms. The lowest BCUT2D eigenvalue weighted by molar-refractivity contribution is 0.0951. The fourth-order valence-corrected chi connectivity index (χ4v) is 5.98. The quantitative estimate of drug-likeness (QED) is 0.339. The van der Waals surface area contributed by atoms with Gasteiger partial charge in [-0.05, 0) is 51.2 Å². The molecule has 9 nitrogen and oxygen atoms in total. The van der Waals surface area contributed by atoms with Crippen molar-refractivity contribution in [2.75, 3.05) is 38.1 Å². The van der Waals surface area contributed by atoms with Gasteiger partial charge < -0.3 is 15.1 Å². The molecular formula is C27H29Cl2N7O2S.